The quantitative estimate of drug-likeness (QED) is 0.621. The minimum atomic E-state index is 0.0488. The van der Waals surface area contributed by atoms with E-state index in [2.05, 4.69) is 5.32 Å². The number of carbonyl (C=O) groups is 1. The standard InChI is InChI=1S/C9H18N2O2/c1-11(6-7-12)9(13)8-2-4-10-5-3-8/h8,10,12H,2-7H2,1H3. The summed E-state index contributed by atoms with van der Waals surface area (Å²) in [5.74, 6) is 0.341. The van der Waals surface area contributed by atoms with Crippen molar-refractivity contribution in [3.63, 3.8) is 0 Å². The Labute approximate surface area is 78.9 Å². The highest BCUT2D eigenvalue weighted by Crippen LogP contribution is 2.13. The number of hydrogen-bond donors (Lipinski definition) is 2. The summed E-state index contributed by atoms with van der Waals surface area (Å²) in [6, 6.07) is 0. The summed E-state index contributed by atoms with van der Waals surface area (Å²) < 4.78 is 0. The number of carbonyl (C=O) groups excluding carboxylic acids is 1. The largest absolute Gasteiger partial charge is 0.395 e. The van der Waals surface area contributed by atoms with Crippen molar-refractivity contribution in [3.8, 4) is 0 Å². The van der Waals surface area contributed by atoms with Gasteiger partial charge in [-0.2, -0.15) is 0 Å². The molecule has 1 aliphatic heterocycles. The Morgan fingerprint density at radius 2 is 2.15 bits per heavy atom. The number of nitrogens with one attached hydrogen (secondary N) is 1. The maximum absolute atomic E-state index is 11.7. The number of likely N-dealkylation sites (N-methyl/N-ethyl adjacent to an activating group) is 1. The molecule has 0 aromatic heterocycles. The fraction of sp³-hybridized carbons (Fsp3) is 0.889. The van der Waals surface area contributed by atoms with Crippen molar-refractivity contribution in [2.45, 2.75) is 12.8 Å². The molecule has 0 bridgehead atoms. The molecule has 4 nitrogen and oxygen atoms in total. The van der Waals surface area contributed by atoms with E-state index < -0.39 is 0 Å². The summed E-state index contributed by atoms with van der Waals surface area (Å²) in [6.07, 6.45) is 1.85. The van der Waals surface area contributed by atoms with Crippen LogP contribution in [0.4, 0.5) is 0 Å². The van der Waals surface area contributed by atoms with Crippen LogP contribution in [0, 0.1) is 5.92 Å². The van der Waals surface area contributed by atoms with Crippen LogP contribution in [0.2, 0.25) is 0 Å². The third kappa shape index (κ3) is 2.97. The fourth-order valence-corrected chi connectivity index (χ4v) is 1.64. The molecule has 0 aliphatic carbocycles. The molecule has 0 aromatic carbocycles. The Balaban J connectivity index is 2.36. The summed E-state index contributed by atoms with van der Waals surface area (Å²) in [5, 5.41) is 11.9. The van der Waals surface area contributed by atoms with E-state index in [9.17, 15) is 4.79 Å². The summed E-state index contributed by atoms with van der Waals surface area (Å²) in [6.45, 7) is 2.36. The second-order valence-electron chi connectivity index (χ2n) is 3.51. The van der Waals surface area contributed by atoms with Crippen molar-refractivity contribution in [1.29, 1.82) is 0 Å². The van der Waals surface area contributed by atoms with E-state index in [1.54, 1.807) is 11.9 Å². The minimum absolute atomic E-state index is 0.0488. The lowest BCUT2D eigenvalue weighted by molar-refractivity contribution is -0.135. The molecule has 0 spiro atoms. The van der Waals surface area contributed by atoms with Gasteiger partial charge in [0.05, 0.1) is 6.61 Å². The molecule has 1 heterocycles. The van der Waals surface area contributed by atoms with Gasteiger partial charge in [-0.3, -0.25) is 4.79 Å². The molecule has 76 valence electrons. The maximum Gasteiger partial charge on any atom is 0.225 e. The number of nitrogens with zero attached hydrogens (tertiary/aromatic N) is 1. The Bertz CT molecular complexity index is 167. The lowest BCUT2D eigenvalue weighted by Crippen LogP contribution is -2.40. The molecule has 0 radical (unpaired) electrons. The van der Waals surface area contributed by atoms with Crippen LogP contribution in [0.15, 0.2) is 0 Å². The highest BCUT2D eigenvalue weighted by molar-refractivity contribution is 5.78. The normalized spacial score (nSPS) is 18.6. The maximum atomic E-state index is 11.7. The Morgan fingerprint density at radius 1 is 1.54 bits per heavy atom. The van der Waals surface area contributed by atoms with E-state index >= 15 is 0 Å². The van der Waals surface area contributed by atoms with Crippen molar-refractivity contribution < 1.29 is 9.90 Å². The molecule has 0 atom stereocenters. The Morgan fingerprint density at radius 3 is 2.69 bits per heavy atom. The van der Waals surface area contributed by atoms with E-state index in [0.717, 1.165) is 25.9 Å². The molecule has 1 rings (SSSR count). The smallest absolute Gasteiger partial charge is 0.225 e. The van der Waals surface area contributed by atoms with Gasteiger partial charge < -0.3 is 15.3 Å². The second kappa shape index (κ2) is 5.19. The molecule has 1 aliphatic rings. The molecule has 0 unspecified atom stereocenters. The monoisotopic (exact) mass is 186 g/mol. The van der Waals surface area contributed by atoms with Gasteiger partial charge in [0.15, 0.2) is 0 Å². The first kappa shape index (κ1) is 10.5. The molecular weight excluding hydrogens is 168 g/mol. The van der Waals surface area contributed by atoms with Gasteiger partial charge in [-0.25, -0.2) is 0 Å². The predicted octanol–water partition coefficient (Wildman–Crippen LogP) is -0.563. The second-order valence-corrected chi connectivity index (χ2v) is 3.51. The van der Waals surface area contributed by atoms with Gasteiger partial charge in [-0.05, 0) is 25.9 Å². The highest BCUT2D eigenvalue weighted by atomic mass is 16.3. The first-order valence-electron chi connectivity index (χ1n) is 4.82. The SMILES string of the molecule is CN(CCO)C(=O)C1CCNCC1. The first-order chi connectivity index (χ1) is 6.25. The number of hydrogen-bond acceptors (Lipinski definition) is 3. The zero-order valence-corrected chi connectivity index (χ0v) is 8.12. The van der Waals surface area contributed by atoms with E-state index in [0.29, 0.717) is 6.54 Å². The van der Waals surface area contributed by atoms with Crippen LogP contribution in [0.25, 0.3) is 0 Å². The van der Waals surface area contributed by atoms with Crippen molar-refractivity contribution >= 4 is 5.91 Å². The van der Waals surface area contributed by atoms with Crippen LogP contribution >= 0.6 is 0 Å². The van der Waals surface area contributed by atoms with Crippen molar-refractivity contribution in [2.75, 3.05) is 33.3 Å². The molecule has 1 fully saturated rings. The molecule has 1 saturated heterocycles. The topological polar surface area (TPSA) is 52.6 Å². The van der Waals surface area contributed by atoms with Gasteiger partial charge in [0.1, 0.15) is 0 Å². The summed E-state index contributed by atoms with van der Waals surface area (Å²) in [7, 11) is 1.75. The third-order valence-electron chi connectivity index (χ3n) is 2.50. The average Bonchev–Trinajstić information content (AvgIpc) is 2.18. The van der Waals surface area contributed by atoms with Crippen LogP contribution in [0.3, 0.4) is 0 Å². The van der Waals surface area contributed by atoms with Gasteiger partial charge in [0, 0.05) is 19.5 Å². The zero-order valence-electron chi connectivity index (χ0n) is 8.12. The molecular formula is C9H18N2O2. The zero-order chi connectivity index (χ0) is 9.68. The van der Waals surface area contributed by atoms with E-state index in [4.69, 9.17) is 5.11 Å². The number of rotatable bonds is 3. The molecule has 4 heteroatoms. The lowest BCUT2D eigenvalue weighted by atomic mass is 9.97. The first-order valence-corrected chi connectivity index (χ1v) is 4.82. The minimum Gasteiger partial charge on any atom is -0.395 e. The number of aliphatic hydroxyl groups excluding tert-OH is 1. The third-order valence-corrected chi connectivity index (χ3v) is 2.50. The van der Waals surface area contributed by atoms with Gasteiger partial charge >= 0.3 is 0 Å². The van der Waals surface area contributed by atoms with Crippen molar-refractivity contribution in [1.82, 2.24) is 10.2 Å². The van der Waals surface area contributed by atoms with E-state index in [1.807, 2.05) is 0 Å². The fourth-order valence-electron chi connectivity index (χ4n) is 1.64. The van der Waals surface area contributed by atoms with Crippen LogP contribution < -0.4 is 5.32 Å². The summed E-state index contributed by atoms with van der Waals surface area (Å²) >= 11 is 0. The van der Waals surface area contributed by atoms with Gasteiger partial charge in [-0.15, -0.1) is 0 Å². The highest BCUT2D eigenvalue weighted by Gasteiger charge is 2.23. The van der Waals surface area contributed by atoms with Crippen LogP contribution in [-0.2, 0) is 4.79 Å². The average molecular weight is 186 g/mol. The van der Waals surface area contributed by atoms with Gasteiger partial charge in [-0.1, -0.05) is 0 Å². The van der Waals surface area contributed by atoms with Gasteiger partial charge in [0.2, 0.25) is 5.91 Å². The molecule has 0 saturated carbocycles. The van der Waals surface area contributed by atoms with Crippen LogP contribution in [-0.4, -0.2) is 49.2 Å². The van der Waals surface area contributed by atoms with Crippen LogP contribution in [0.5, 0.6) is 0 Å². The number of aliphatic hydroxyl groups is 1. The summed E-state index contributed by atoms with van der Waals surface area (Å²) in [5.41, 5.74) is 0. The van der Waals surface area contributed by atoms with Crippen molar-refractivity contribution in [3.05, 3.63) is 0 Å². The van der Waals surface area contributed by atoms with Gasteiger partial charge in [0.25, 0.3) is 0 Å². The Hall–Kier alpha value is -0.610. The summed E-state index contributed by atoms with van der Waals surface area (Å²) in [4.78, 5) is 13.3. The van der Waals surface area contributed by atoms with Crippen molar-refractivity contribution in [2.24, 2.45) is 5.92 Å². The number of piperidine rings is 1. The molecule has 1 amide bonds. The molecule has 13 heavy (non-hydrogen) atoms. The van der Waals surface area contributed by atoms with Crippen LogP contribution in [0.1, 0.15) is 12.8 Å². The number of amides is 1. The van der Waals surface area contributed by atoms with E-state index in [1.165, 1.54) is 0 Å². The predicted molar refractivity (Wildman–Crippen MR) is 50.3 cm³/mol. The van der Waals surface area contributed by atoms with E-state index in [-0.39, 0.29) is 18.4 Å². The molecule has 0 aromatic rings. The Kier molecular flexibility index (Phi) is 4.18. The molecule has 2 N–H and O–H groups in total. The lowest BCUT2D eigenvalue weighted by Gasteiger charge is -2.26.